The van der Waals surface area contributed by atoms with Crippen LogP contribution in [0.5, 0.6) is 0 Å². The zero-order chi connectivity index (χ0) is 11.4. The molecule has 0 bridgehead atoms. The van der Waals surface area contributed by atoms with E-state index in [0.717, 1.165) is 19.6 Å². The standard InChI is InChI=1S/C12H18ClN3/c1-16(11-3-2-6-14-8-11)9-10-4-5-12(13)15-7-10/h4-5,7,11,14H,2-3,6,8-9H2,1H3/t11-/m0/s1. The van der Waals surface area contributed by atoms with Gasteiger partial charge in [0.25, 0.3) is 0 Å². The van der Waals surface area contributed by atoms with Crippen molar-refractivity contribution in [2.75, 3.05) is 20.1 Å². The SMILES string of the molecule is CN(Cc1ccc(Cl)nc1)[C@H]1CCCNC1. The second kappa shape index (κ2) is 5.62. The predicted octanol–water partition coefficient (Wildman–Crippen LogP) is 1.92. The zero-order valence-corrected chi connectivity index (χ0v) is 10.4. The van der Waals surface area contributed by atoms with Crippen molar-refractivity contribution in [1.82, 2.24) is 15.2 Å². The zero-order valence-electron chi connectivity index (χ0n) is 9.62. The molecule has 1 aliphatic heterocycles. The summed E-state index contributed by atoms with van der Waals surface area (Å²) in [6.45, 7) is 3.20. The molecule has 16 heavy (non-hydrogen) atoms. The van der Waals surface area contributed by atoms with E-state index in [9.17, 15) is 0 Å². The lowest BCUT2D eigenvalue weighted by Crippen LogP contribution is -2.43. The van der Waals surface area contributed by atoms with Gasteiger partial charge in [-0.05, 0) is 38.1 Å². The molecule has 1 N–H and O–H groups in total. The van der Waals surface area contributed by atoms with Gasteiger partial charge >= 0.3 is 0 Å². The molecule has 2 heterocycles. The van der Waals surface area contributed by atoms with Crippen LogP contribution in [0.1, 0.15) is 18.4 Å². The van der Waals surface area contributed by atoms with Crippen LogP contribution in [0.2, 0.25) is 5.15 Å². The summed E-state index contributed by atoms with van der Waals surface area (Å²) in [7, 11) is 2.17. The molecule has 0 aliphatic carbocycles. The Bertz CT molecular complexity index is 320. The molecule has 0 amide bonds. The van der Waals surface area contributed by atoms with E-state index in [1.807, 2.05) is 18.3 Å². The smallest absolute Gasteiger partial charge is 0.129 e. The Kier molecular flexibility index (Phi) is 4.16. The van der Waals surface area contributed by atoms with Crippen molar-refractivity contribution < 1.29 is 0 Å². The number of hydrogen-bond donors (Lipinski definition) is 1. The van der Waals surface area contributed by atoms with Gasteiger partial charge in [-0.25, -0.2) is 4.98 Å². The number of halogens is 1. The monoisotopic (exact) mass is 239 g/mol. The van der Waals surface area contributed by atoms with E-state index >= 15 is 0 Å². The molecule has 2 rings (SSSR count). The molecule has 1 atom stereocenters. The van der Waals surface area contributed by atoms with Crippen molar-refractivity contribution in [3.63, 3.8) is 0 Å². The van der Waals surface area contributed by atoms with Gasteiger partial charge in [-0.3, -0.25) is 4.90 Å². The van der Waals surface area contributed by atoms with Gasteiger partial charge in [0.05, 0.1) is 0 Å². The third-order valence-corrected chi connectivity index (χ3v) is 3.34. The number of piperidine rings is 1. The predicted molar refractivity (Wildman–Crippen MR) is 66.6 cm³/mol. The molecule has 4 heteroatoms. The Morgan fingerprint density at radius 3 is 3.06 bits per heavy atom. The Morgan fingerprint density at radius 2 is 2.44 bits per heavy atom. The Morgan fingerprint density at radius 1 is 1.56 bits per heavy atom. The largest absolute Gasteiger partial charge is 0.315 e. The molecular formula is C12H18ClN3. The van der Waals surface area contributed by atoms with Crippen LogP contribution in [-0.2, 0) is 6.54 Å². The summed E-state index contributed by atoms with van der Waals surface area (Å²) >= 11 is 5.76. The normalized spacial score (nSPS) is 21.3. The van der Waals surface area contributed by atoms with Gasteiger partial charge in [0, 0.05) is 25.3 Å². The second-order valence-electron chi connectivity index (χ2n) is 4.40. The third-order valence-electron chi connectivity index (χ3n) is 3.11. The van der Waals surface area contributed by atoms with Crippen molar-refractivity contribution in [2.24, 2.45) is 0 Å². The first kappa shape index (κ1) is 11.8. The lowest BCUT2D eigenvalue weighted by Gasteiger charge is -2.31. The summed E-state index contributed by atoms with van der Waals surface area (Å²) in [6, 6.07) is 4.54. The number of pyridine rings is 1. The van der Waals surface area contributed by atoms with Crippen molar-refractivity contribution in [3.8, 4) is 0 Å². The molecule has 1 fully saturated rings. The van der Waals surface area contributed by atoms with Crippen molar-refractivity contribution >= 4 is 11.6 Å². The van der Waals surface area contributed by atoms with Gasteiger partial charge in [-0.1, -0.05) is 17.7 Å². The molecule has 88 valence electrons. The average molecular weight is 240 g/mol. The van der Waals surface area contributed by atoms with E-state index in [0.29, 0.717) is 11.2 Å². The maximum atomic E-state index is 5.76. The Labute approximate surface area is 102 Å². The average Bonchev–Trinajstić information content (AvgIpc) is 2.33. The summed E-state index contributed by atoms with van der Waals surface area (Å²) in [4.78, 5) is 6.49. The minimum atomic E-state index is 0.561. The molecule has 0 unspecified atom stereocenters. The van der Waals surface area contributed by atoms with Gasteiger partial charge < -0.3 is 5.32 Å². The van der Waals surface area contributed by atoms with Crippen LogP contribution in [0.25, 0.3) is 0 Å². The van der Waals surface area contributed by atoms with Crippen molar-refractivity contribution in [3.05, 3.63) is 29.0 Å². The fourth-order valence-corrected chi connectivity index (χ4v) is 2.24. The Balaban J connectivity index is 1.90. The molecule has 3 nitrogen and oxygen atoms in total. The van der Waals surface area contributed by atoms with Crippen molar-refractivity contribution in [2.45, 2.75) is 25.4 Å². The van der Waals surface area contributed by atoms with Crippen LogP contribution in [0.4, 0.5) is 0 Å². The fourth-order valence-electron chi connectivity index (χ4n) is 2.13. The van der Waals surface area contributed by atoms with Crippen LogP contribution >= 0.6 is 11.6 Å². The minimum absolute atomic E-state index is 0.561. The molecule has 1 saturated heterocycles. The summed E-state index contributed by atoms with van der Waals surface area (Å²) < 4.78 is 0. The summed E-state index contributed by atoms with van der Waals surface area (Å²) in [5.74, 6) is 0. The number of nitrogens with one attached hydrogen (secondary N) is 1. The summed E-state index contributed by atoms with van der Waals surface area (Å²) in [5, 5.41) is 3.99. The number of nitrogens with zero attached hydrogens (tertiary/aromatic N) is 2. The van der Waals surface area contributed by atoms with Gasteiger partial charge in [0.15, 0.2) is 0 Å². The molecule has 0 saturated carbocycles. The molecule has 0 aromatic carbocycles. The maximum absolute atomic E-state index is 5.76. The molecular weight excluding hydrogens is 222 g/mol. The molecule has 1 aromatic rings. The van der Waals surface area contributed by atoms with Crippen LogP contribution in [0.3, 0.4) is 0 Å². The van der Waals surface area contributed by atoms with Crippen LogP contribution < -0.4 is 5.32 Å². The number of hydrogen-bond acceptors (Lipinski definition) is 3. The highest BCUT2D eigenvalue weighted by Gasteiger charge is 2.17. The van der Waals surface area contributed by atoms with Gasteiger partial charge in [-0.2, -0.15) is 0 Å². The first-order valence-electron chi connectivity index (χ1n) is 5.77. The summed E-state index contributed by atoms with van der Waals surface area (Å²) in [5.41, 5.74) is 1.22. The van der Waals surface area contributed by atoms with Crippen LogP contribution in [0, 0.1) is 0 Å². The molecule has 1 aromatic heterocycles. The number of likely N-dealkylation sites (N-methyl/N-ethyl adjacent to an activating group) is 1. The van der Waals surface area contributed by atoms with Gasteiger partial charge in [0.2, 0.25) is 0 Å². The fraction of sp³-hybridized carbons (Fsp3) is 0.583. The maximum Gasteiger partial charge on any atom is 0.129 e. The highest BCUT2D eigenvalue weighted by molar-refractivity contribution is 6.29. The van der Waals surface area contributed by atoms with E-state index in [1.165, 1.54) is 18.4 Å². The molecule has 1 aliphatic rings. The van der Waals surface area contributed by atoms with E-state index in [-0.39, 0.29) is 0 Å². The first-order valence-corrected chi connectivity index (χ1v) is 6.15. The first-order chi connectivity index (χ1) is 7.75. The molecule has 0 radical (unpaired) electrons. The van der Waals surface area contributed by atoms with E-state index in [1.54, 1.807) is 0 Å². The van der Waals surface area contributed by atoms with Crippen molar-refractivity contribution in [1.29, 1.82) is 0 Å². The highest BCUT2D eigenvalue weighted by Crippen LogP contribution is 2.13. The minimum Gasteiger partial charge on any atom is -0.315 e. The van der Waals surface area contributed by atoms with Gasteiger partial charge in [0.1, 0.15) is 5.15 Å². The van der Waals surface area contributed by atoms with E-state index in [4.69, 9.17) is 11.6 Å². The quantitative estimate of drug-likeness (QED) is 0.817. The topological polar surface area (TPSA) is 28.2 Å². The highest BCUT2D eigenvalue weighted by atomic mass is 35.5. The van der Waals surface area contributed by atoms with Crippen LogP contribution in [-0.4, -0.2) is 36.1 Å². The summed E-state index contributed by atoms with van der Waals surface area (Å²) in [6.07, 6.45) is 4.41. The van der Waals surface area contributed by atoms with Gasteiger partial charge in [-0.15, -0.1) is 0 Å². The molecule has 0 spiro atoms. The number of rotatable bonds is 3. The second-order valence-corrected chi connectivity index (χ2v) is 4.79. The van der Waals surface area contributed by atoms with E-state index < -0.39 is 0 Å². The lowest BCUT2D eigenvalue weighted by atomic mass is 10.1. The lowest BCUT2D eigenvalue weighted by molar-refractivity contribution is 0.195. The number of aromatic nitrogens is 1. The third kappa shape index (κ3) is 3.17. The van der Waals surface area contributed by atoms with Crippen LogP contribution in [0.15, 0.2) is 18.3 Å². The van der Waals surface area contributed by atoms with E-state index in [2.05, 4.69) is 22.2 Å². The Hall–Kier alpha value is -0.640.